The summed E-state index contributed by atoms with van der Waals surface area (Å²) in [5.74, 6) is -0.353. The smallest absolute Gasteiger partial charge is 0.205 e. The van der Waals surface area contributed by atoms with Crippen molar-refractivity contribution in [3.63, 3.8) is 0 Å². The molecular weight excluding hydrogens is 248 g/mol. The standard InChI is InChI=1S/C11H7ClO3S/c12-11-4-3-10(16-11)8(14)6-7(13)9-2-1-5-15-9/h1-5H,6H2. The van der Waals surface area contributed by atoms with Crippen molar-refractivity contribution in [2.45, 2.75) is 6.42 Å². The lowest BCUT2D eigenvalue weighted by atomic mass is 10.1. The summed E-state index contributed by atoms with van der Waals surface area (Å²) in [6, 6.07) is 6.40. The van der Waals surface area contributed by atoms with Crippen LogP contribution in [0.2, 0.25) is 4.34 Å². The van der Waals surface area contributed by atoms with Gasteiger partial charge < -0.3 is 4.42 Å². The Labute approximate surface area is 101 Å². The number of rotatable bonds is 4. The maximum Gasteiger partial charge on any atom is 0.205 e. The average molecular weight is 255 g/mol. The number of carbonyl (C=O) groups is 2. The Balaban J connectivity index is 2.06. The Morgan fingerprint density at radius 1 is 1.25 bits per heavy atom. The number of thiophene rings is 1. The molecule has 2 aromatic heterocycles. The minimum atomic E-state index is -0.320. The molecule has 3 nitrogen and oxygen atoms in total. The molecule has 2 aromatic rings. The molecule has 0 bridgehead atoms. The second kappa shape index (κ2) is 4.63. The van der Waals surface area contributed by atoms with E-state index in [1.165, 1.54) is 23.7 Å². The first-order valence-electron chi connectivity index (χ1n) is 4.52. The van der Waals surface area contributed by atoms with E-state index < -0.39 is 0 Å². The zero-order valence-corrected chi connectivity index (χ0v) is 9.68. The Morgan fingerprint density at radius 2 is 2.06 bits per heavy atom. The predicted octanol–water partition coefficient (Wildman–Crippen LogP) is 3.45. The second-order valence-electron chi connectivity index (χ2n) is 3.10. The van der Waals surface area contributed by atoms with Crippen molar-refractivity contribution in [1.29, 1.82) is 0 Å². The van der Waals surface area contributed by atoms with Crippen molar-refractivity contribution in [2.75, 3.05) is 0 Å². The normalized spacial score (nSPS) is 10.3. The van der Waals surface area contributed by atoms with Crippen molar-refractivity contribution >= 4 is 34.5 Å². The van der Waals surface area contributed by atoms with Crippen LogP contribution in [0.3, 0.4) is 0 Å². The van der Waals surface area contributed by atoms with Crippen LogP contribution in [0.4, 0.5) is 0 Å². The van der Waals surface area contributed by atoms with E-state index in [0.717, 1.165) is 0 Å². The monoisotopic (exact) mass is 254 g/mol. The summed E-state index contributed by atoms with van der Waals surface area (Å²) in [6.45, 7) is 0. The van der Waals surface area contributed by atoms with Crippen LogP contribution in [0.5, 0.6) is 0 Å². The molecule has 0 saturated carbocycles. The van der Waals surface area contributed by atoms with Crippen molar-refractivity contribution in [2.24, 2.45) is 0 Å². The largest absolute Gasteiger partial charge is 0.461 e. The van der Waals surface area contributed by atoms with Gasteiger partial charge in [0.2, 0.25) is 5.78 Å². The summed E-state index contributed by atoms with van der Waals surface area (Å²) >= 11 is 6.87. The van der Waals surface area contributed by atoms with Crippen LogP contribution in [-0.4, -0.2) is 11.6 Å². The minimum absolute atomic E-state index is 0.190. The molecule has 0 aliphatic rings. The van der Waals surface area contributed by atoms with Gasteiger partial charge in [0.15, 0.2) is 11.5 Å². The molecule has 0 atom stereocenters. The highest BCUT2D eigenvalue weighted by Gasteiger charge is 2.16. The Kier molecular flexibility index (Phi) is 3.22. The first-order chi connectivity index (χ1) is 7.66. The summed E-state index contributed by atoms with van der Waals surface area (Å²) in [5.41, 5.74) is 0. The van der Waals surface area contributed by atoms with Crippen molar-refractivity contribution in [3.8, 4) is 0 Å². The molecule has 16 heavy (non-hydrogen) atoms. The van der Waals surface area contributed by atoms with Crippen LogP contribution in [0, 0.1) is 0 Å². The molecule has 0 fully saturated rings. The van der Waals surface area contributed by atoms with Gasteiger partial charge in [0.25, 0.3) is 0 Å². The van der Waals surface area contributed by atoms with Crippen LogP contribution in [0.25, 0.3) is 0 Å². The van der Waals surface area contributed by atoms with E-state index in [9.17, 15) is 9.59 Å². The maximum absolute atomic E-state index is 11.7. The van der Waals surface area contributed by atoms with E-state index in [2.05, 4.69) is 0 Å². The number of ketones is 2. The number of halogens is 1. The van der Waals surface area contributed by atoms with E-state index in [-0.39, 0.29) is 23.7 Å². The number of carbonyl (C=O) groups excluding carboxylic acids is 2. The molecule has 82 valence electrons. The van der Waals surface area contributed by atoms with Crippen LogP contribution >= 0.6 is 22.9 Å². The molecule has 2 rings (SSSR count). The molecule has 0 aliphatic carbocycles. The van der Waals surface area contributed by atoms with Crippen LogP contribution in [0.15, 0.2) is 34.9 Å². The molecular formula is C11H7ClO3S. The Bertz CT molecular complexity index is 513. The fraction of sp³-hybridized carbons (Fsp3) is 0.0909. The van der Waals surface area contributed by atoms with Gasteiger partial charge in [0.05, 0.1) is 21.9 Å². The second-order valence-corrected chi connectivity index (χ2v) is 4.82. The summed E-state index contributed by atoms with van der Waals surface area (Å²) in [7, 11) is 0. The molecule has 0 saturated heterocycles. The SMILES string of the molecule is O=C(CC(=O)c1ccc(Cl)s1)c1ccco1. The summed E-state index contributed by atoms with van der Waals surface area (Å²) in [6.07, 6.45) is 1.21. The molecule has 2 heterocycles. The fourth-order valence-electron chi connectivity index (χ4n) is 1.22. The highest BCUT2D eigenvalue weighted by Crippen LogP contribution is 2.23. The first kappa shape index (κ1) is 11.1. The Hall–Kier alpha value is -1.39. The van der Waals surface area contributed by atoms with E-state index in [0.29, 0.717) is 9.21 Å². The topological polar surface area (TPSA) is 47.3 Å². The molecule has 0 spiro atoms. The maximum atomic E-state index is 11.7. The van der Waals surface area contributed by atoms with Gasteiger partial charge in [-0.3, -0.25) is 9.59 Å². The third kappa shape index (κ3) is 2.40. The summed E-state index contributed by atoms with van der Waals surface area (Å²) in [5, 5.41) is 0. The quantitative estimate of drug-likeness (QED) is 0.620. The van der Waals surface area contributed by atoms with Gasteiger partial charge in [-0.25, -0.2) is 0 Å². The highest BCUT2D eigenvalue weighted by molar-refractivity contribution is 7.18. The van der Waals surface area contributed by atoms with E-state index >= 15 is 0 Å². The van der Waals surface area contributed by atoms with Gasteiger partial charge in [0, 0.05) is 0 Å². The fourth-order valence-corrected chi connectivity index (χ4v) is 2.20. The van der Waals surface area contributed by atoms with Gasteiger partial charge in [-0.1, -0.05) is 11.6 Å². The zero-order valence-electron chi connectivity index (χ0n) is 8.10. The van der Waals surface area contributed by atoms with E-state index in [1.807, 2.05) is 0 Å². The molecule has 0 aromatic carbocycles. The van der Waals surface area contributed by atoms with E-state index in [1.54, 1.807) is 18.2 Å². The molecule has 5 heteroatoms. The van der Waals surface area contributed by atoms with Gasteiger partial charge in [-0.2, -0.15) is 0 Å². The van der Waals surface area contributed by atoms with Crippen LogP contribution in [0.1, 0.15) is 26.6 Å². The molecule has 0 unspecified atom stereocenters. The number of furan rings is 1. The van der Waals surface area contributed by atoms with E-state index in [4.69, 9.17) is 16.0 Å². The highest BCUT2D eigenvalue weighted by atomic mass is 35.5. The third-order valence-corrected chi connectivity index (χ3v) is 3.24. The van der Waals surface area contributed by atoms with Gasteiger partial charge in [0.1, 0.15) is 0 Å². The number of hydrogen-bond acceptors (Lipinski definition) is 4. The van der Waals surface area contributed by atoms with Gasteiger partial charge in [-0.15, -0.1) is 11.3 Å². The molecule has 0 aliphatic heterocycles. The number of Topliss-reactive ketones (excluding diaryl/α,β-unsaturated/α-hetero) is 2. The lowest BCUT2D eigenvalue weighted by Gasteiger charge is -1.94. The summed E-state index contributed by atoms with van der Waals surface area (Å²) < 4.78 is 5.45. The van der Waals surface area contributed by atoms with Gasteiger partial charge >= 0.3 is 0 Å². The average Bonchev–Trinajstić information content (AvgIpc) is 2.87. The first-order valence-corrected chi connectivity index (χ1v) is 5.71. The third-order valence-electron chi connectivity index (χ3n) is 1.97. The molecule has 0 N–H and O–H groups in total. The van der Waals surface area contributed by atoms with Gasteiger partial charge in [-0.05, 0) is 24.3 Å². The minimum Gasteiger partial charge on any atom is -0.461 e. The van der Waals surface area contributed by atoms with Crippen molar-refractivity contribution in [3.05, 3.63) is 45.5 Å². The van der Waals surface area contributed by atoms with Crippen LogP contribution < -0.4 is 0 Å². The predicted molar refractivity (Wildman–Crippen MR) is 61.3 cm³/mol. The molecule has 0 radical (unpaired) electrons. The Morgan fingerprint density at radius 3 is 2.62 bits per heavy atom. The number of hydrogen-bond donors (Lipinski definition) is 0. The lowest BCUT2D eigenvalue weighted by Crippen LogP contribution is -2.06. The summed E-state index contributed by atoms with van der Waals surface area (Å²) in [4.78, 5) is 23.7. The lowest BCUT2D eigenvalue weighted by molar-refractivity contribution is 0.0880. The zero-order chi connectivity index (χ0) is 11.5. The van der Waals surface area contributed by atoms with Crippen molar-refractivity contribution in [1.82, 2.24) is 0 Å². The van der Waals surface area contributed by atoms with Crippen molar-refractivity contribution < 1.29 is 14.0 Å². The van der Waals surface area contributed by atoms with Crippen LogP contribution in [-0.2, 0) is 0 Å². The molecule has 0 amide bonds.